The molecule has 0 aliphatic heterocycles. The molecule has 3 aromatic rings. The second-order valence-corrected chi connectivity index (χ2v) is 4.67. The average Bonchev–Trinajstić information content (AvgIpc) is 3.04. The van der Waals surface area contributed by atoms with Crippen LogP contribution in [-0.2, 0) is 0 Å². The summed E-state index contributed by atoms with van der Waals surface area (Å²) in [7, 11) is 0. The first-order valence-corrected chi connectivity index (χ1v) is 6.22. The van der Waals surface area contributed by atoms with E-state index in [0.717, 1.165) is 10.9 Å². The molecule has 3 rings (SSSR count). The second kappa shape index (κ2) is 4.78. The summed E-state index contributed by atoms with van der Waals surface area (Å²) >= 11 is 0. The summed E-state index contributed by atoms with van der Waals surface area (Å²) in [5.74, 6) is -1.50. The summed E-state index contributed by atoms with van der Waals surface area (Å²) in [6.45, 7) is 1.72. The van der Waals surface area contributed by atoms with Gasteiger partial charge in [-0.25, -0.2) is 4.79 Å². The Bertz CT molecular complexity index is 847. The number of amides is 1. The molecule has 0 aliphatic rings. The molecule has 0 fully saturated rings. The minimum absolute atomic E-state index is 0.0368. The molecule has 106 valence electrons. The molecule has 0 atom stereocenters. The second-order valence-electron chi connectivity index (χ2n) is 4.67. The molecule has 0 spiro atoms. The minimum atomic E-state index is -1.12. The predicted molar refractivity (Wildman–Crippen MR) is 76.5 cm³/mol. The molecule has 2 heterocycles. The van der Waals surface area contributed by atoms with Gasteiger partial charge in [-0.05, 0) is 31.2 Å². The number of aromatic amines is 2. The minimum Gasteiger partial charge on any atom is -0.477 e. The van der Waals surface area contributed by atoms with Crippen LogP contribution in [0.5, 0.6) is 0 Å². The smallest absolute Gasteiger partial charge is 0.354 e. The fourth-order valence-corrected chi connectivity index (χ4v) is 2.13. The van der Waals surface area contributed by atoms with Crippen LogP contribution in [0.15, 0.2) is 30.5 Å². The molecular weight excluding hydrogens is 272 g/mol. The van der Waals surface area contributed by atoms with E-state index in [0.29, 0.717) is 11.3 Å². The van der Waals surface area contributed by atoms with Crippen molar-refractivity contribution in [2.75, 3.05) is 5.32 Å². The number of fused-ring (bicyclic) bond motifs is 1. The van der Waals surface area contributed by atoms with Gasteiger partial charge in [-0.15, -0.1) is 0 Å². The van der Waals surface area contributed by atoms with Gasteiger partial charge in [-0.3, -0.25) is 9.89 Å². The highest BCUT2D eigenvalue weighted by Gasteiger charge is 2.16. The molecule has 0 unspecified atom stereocenters. The van der Waals surface area contributed by atoms with Crippen molar-refractivity contribution < 1.29 is 14.7 Å². The lowest BCUT2D eigenvalue weighted by atomic mass is 10.1. The van der Waals surface area contributed by atoms with Gasteiger partial charge in [0.15, 0.2) is 0 Å². The highest BCUT2D eigenvalue weighted by molar-refractivity contribution is 6.08. The van der Waals surface area contributed by atoms with Crippen molar-refractivity contribution in [2.24, 2.45) is 0 Å². The summed E-state index contributed by atoms with van der Waals surface area (Å²) in [6.07, 6.45) is 1.62. The van der Waals surface area contributed by atoms with Gasteiger partial charge in [0.25, 0.3) is 5.91 Å². The number of anilines is 1. The van der Waals surface area contributed by atoms with Crippen LogP contribution < -0.4 is 5.32 Å². The van der Waals surface area contributed by atoms with Gasteiger partial charge < -0.3 is 15.4 Å². The van der Waals surface area contributed by atoms with Gasteiger partial charge in [-0.1, -0.05) is 0 Å². The Kier molecular flexibility index (Phi) is 2.94. The number of hydrogen-bond donors (Lipinski definition) is 4. The van der Waals surface area contributed by atoms with E-state index in [1.165, 1.54) is 0 Å². The lowest BCUT2D eigenvalue weighted by molar-refractivity contribution is 0.0692. The highest BCUT2D eigenvalue weighted by Crippen LogP contribution is 2.19. The van der Waals surface area contributed by atoms with Crippen LogP contribution in [0.4, 0.5) is 5.69 Å². The van der Waals surface area contributed by atoms with E-state index < -0.39 is 5.97 Å². The summed E-state index contributed by atoms with van der Waals surface area (Å²) in [6, 6.07) is 6.67. The van der Waals surface area contributed by atoms with E-state index in [1.54, 1.807) is 37.4 Å². The molecule has 1 amide bonds. The topological polar surface area (TPSA) is 111 Å². The number of H-pyrrole nitrogens is 2. The fraction of sp³-hybridized carbons (Fsp3) is 0.0714. The number of carboxylic acids is 1. The number of aromatic nitrogens is 3. The van der Waals surface area contributed by atoms with Crippen molar-refractivity contribution in [2.45, 2.75) is 6.92 Å². The number of carbonyl (C=O) groups excluding carboxylic acids is 1. The molecule has 7 nitrogen and oxygen atoms in total. The fourth-order valence-electron chi connectivity index (χ4n) is 2.13. The van der Waals surface area contributed by atoms with E-state index in [9.17, 15) is 9.59 Å². The van der Waals surface area contributed by atoms with E-state index in [-0.39, 0.29) is 17.3 Å². The number of aryl methyl sites for hydroxylation is 1. The Hall–Kier alpha value is -3.09. The lowest BCUT2D eigenvalue weighted by Gasteiger charge is -2.04. The van der Waals surface area contributed by atoms with Gasteiger partial charge in [0.2, 0.25) is 0 Å². The average molecular weight is 284 g/mol. The van der Waals surface area contributed by atoms with Crippen molar-refractivity contribution in [1.82, 2.24) is 15.2 Å². The van der Waals surface area contributed by atoms with Crippen LogP contribution in [0.3, 0.4) is 0 Å². The normalized spacial score (nSPS) is 10.7. The number of hydrogen-bond acceptors (Lipinski definition) is 3. The number of aromatic carboxylic acids is 1. The molecule has 0 aliphatic carbocycles. The predicted octanol–water partition coefficient (Wildman–Crippen LogP) is 2.15. The third kappa shape index (κ3) is 2.36. The van der Waals surface area contributed by atoms with Crippen molar-refractivity contribution in [3.8, 4) is 0 Å². The van der Waals surface area contributed by atoms with Crippen molar-refractivity contribution in [1.29, 1.82) is 0 Å². The van der Waals surface area contributed by atoms with Crippen LogP contribution in [0.2, 0.25) is 0 Å². The number of carbonyl (C=O) groups is 2. The van der Waals surface area contributed by atoms with E-state index in [4.69, 9.17) is 5.11 Å². The maximum absolute atomic E-state index is 12.2. The number of rotatable bonds is 3. The van der Waals surface area contributed by atoms with Gasteiger partial charge >= 0.3 is 5.97 Å². The molecule has 0 bridgehead atoms. The molecule has 0 saturated carbocycles. The Labute approximate surface area is 119 Å². The van der Waals surface area contributed by atoms with Crippen LogP contribution in [0.1, 0.15) is 26.5 Å². The summed E-state index contributed by atoms with van der Waals surface area (Å²) < 4.78 is 0. The standard InChI is InChI=1S/C14H12N4O3/c1-7-4-11(12(16-7)14(20)21)17-13(19)8-2-3-10-9(5-8)6-15-18-10/h2-6,16H,1H3,(H,15,18)(H,17,19)(H,20,21). The molecule has 4 N–H and O–H groups in total. The largest absolute Gasteiger partial charge is 0.477 e. The van der Waals surface area contributed by atoms with Crippen molar-refractivity contribution in [3.63, 3.8) is 0 Å². The third-order valence-corrected chi connectivity index (χ3v) is 3.12. The van der Waals surface area contributed by atoms with Gasteiger partial charge in [0.1, 0.15) is 5.69 Å². The molecule has 0 radical (unpaired) electrons. The zero-order valence-corrected chi connectivity index (χ0v) is 11.1. The third-order valence-electron chi connectivity index (χ3n) is 3.12. The summed E-state index contributed by atoms with van der Waals surface area (Å²) in [5, 5.41) is 19.2. The van der Waals surface area contributed by atoms with Crippen LogP contribution in [-0.4, -0.2) is 32.2 Å². The van der Waals surface area contributed by atoms with E-state index in [2.05, 4.69) is 20.5 Å². The van der Waals surface area contributed by atoms with Crippen LogP contribution in [0.25, 0.3) is 10.9 Å². The highest BCUT2D eigenvalue weighted by atomic mass is 16.4. The Morgan fingerprint density at radius 2 is 2.10 bits per heavy atom. The number of benzene rings is 1. The maximum Gasteiger partial charge on any atom is 0.354 e. The van der Waals surface area contributed by atoms with Gasteiger partial charge in [0, 0.05) is 16.6 Å². The first-order chi connectivity index (χ1) is 10.0. The number of carboxylic acid groups (broad SMARTS) is 1. The van der Waals surface area contributed by atoms with Crippen LogP contribution in [0, 0.1) is 6.92 Å². The molecule has 7 heteroatoms. The van der Waals surface area contributed by atoms with Crippen LogP contribution >= 0.6 is 0 Å². The van der Waals surface area contributed by atoms with Crippen molar-refractivity contribution in [3.05, 3.63) is 47.4 Å². The zero-order valence-electron chi connectivity index (χ0n) is 11.1. The molecule has 21 heavy (non-hydrogen) atoms. The van der Waals surface area contributed by atoms with E-state index >= 15 is 0 Å². The SMILES string of the molecule is Cc1cc(NC(=O)c2ccc3[nH]ncc3c2)c(C(=O)O)[nH]1. The molecule has 1 aromatic carbocycles. The molecular formula is C14H12N4O3. The zero-order chi connectivity index (χ0) is 15.0. The maximum atomic E-state index is 12.2. The Morgan fingerprint density at radius 3 is 2.86 bits per heavy atom. The monoisotopic (exact) mass is 284 g/mol. The summed E-state index contributed by atoms with van der Waals surface area (Å²) in [4.78, 5) is 26.0. The molecule has 0 saturated heterocycles. The van der Waals surface area contributed by atoms with Gasteiger partial charge in [-0.2, -0.15) is 5.10 Å². The molecule has 2 aromatic heterocycles. The first-order valence-electron chi connectivity index (χ1n) is 6.22. The summed E-state index contributed by atoms with van der Waals surface area (Å²) in [5.41, 5.74) is 2.13. The lowest BCUT2D eigenvalue weighted by Crippen LogP contribution is -2.14. The van der Waals surface area contributed by atoms with Crippen molar-refractivity contribution >= 4 is 28.5 Å². The van der Waals surface area contributed by atoms with E-state index in [1.807, 2.05) is 0 Å². The Balaban J connectivity index is 1.90. The van der Waals surface area contributed by atoms with Gasteiger partial charge in [0.05, 0.1) is 17.4 Å². The number of nitrogens with one attached hydrogen (secondary N) is 3. The first kappa shape index (κ1) is 12.9. The quantitative estimate of drug-likeness (QED) is 0.590. The number of nitrogens with zero attached hydrogens (tertiary/aromatic N) is 1. The Morgan fingerprint density at radius 1 is 1.29 bits per heavy atom.